The number of nitrogens with two attached hydrogens (primary N) is 1. The van der Waals surface area contributed by atoms with E-state index in [4.69, 9.17) is 15.2 Å². The van der Waals surface area contributed by atoms with E-state index in [2.05, 4.69) is 9.97 Å². The molecule has 1 aromatic heterocycles. The highest BCUT2D eigenvalue weighted by Gasteiger charge is 2.03. The molecule has 0 unspecified atom stereocenters. The van der Waals surface area contributed by atoms with Gasteiger partial charge < -0.3 is 15.2 Å². The van der Waals surface area contributed by atoms with Crippen molar-refractivity contribution in [3.63, 3.8) is 0 Å². The Morgan fingerprint density at radius 1 is 1.10 bits per heavy atom. The summed E-state index contributed by atoms with van der Waals surface area (Å²) in [6, 6.07) is 9.37. The molecule has 0 bridgehead atoms. The van der Waals surface area contributed by atoms with Gasteiger partial charge in [-0.25, -0.2) is 9.97 Å². The van der Waals surface area contributed by atoms with Crippen LogP contribution in [0.3, 0.4) is 0 Å². The number of nitrogens with zero attached hydrogens (tertiary/aromatic N) is 2. The van der Waals surface area contributed by atoms with Crippen molar-refractivity contribution >= 4 is 0 Å². The van der Waals surface area contributed by atoms with Crippen LogP contribution in [-0.2, 0) is 13.0 Å². The monoisotopic (exact) mass is 273 g/mol. The van der Waals surface area contributed by atoms with Crippen LogP contribution >= 0.6 is 0 Å². The molecular formula is C15H19N3O2. The van der Waals surface area contributed by atoms with Gasteiger partial charge in [0.05, 0.1) is 7.11 Å². The lowest BCUT2D eigenvalue weighted by atomic mass is 10.2. The third-order valence-corrected chi connectivity index (χ3v) is 2.78. The fourth-order valence-electron chi connectivity index (χ4n) is 1.86. The van der Waals surface area contributed by atoms with Gasteiger partial charge in [0.2, 0.25) is 0 Å². The largest absolute Gasteiger partial charge is 0.497 e. The van der Waals surface area contributed by atoms with E-state index in [1.807, 2.05) is 37.3 Å². The molecule has 5 heteroatoms. The number of aromatic nitrogens is 2. The number of benzene rings is 1. The average molecular weight is 273 g/mol. The summed E-state index contributed by atoms with van der Waals surface area (Å²) in [6.45, 7) is 2.86. The number of rotatable bonds is 6. The quantitative estimate of drug-likeness (QED) is 0.870. The molecule has 0 aliphatic heterocycles. The Balaban J connectivity index is 2.02. The van der Waals surface area contributed by atoms with Crippen molar-refractivity contribution in [2.75, 3.05) is 13.7 Å². The van der Waals surface area contributed by atoms with Crippen LogP contribution in [0.1, 0.15) is 17.2 Å². The second-order valence-electron chi connectivity index (χ2n) is 4.42. The van der Waals surface area contributed by atoms with Crippen molar-refractivity contribution in [1.82, 2.24) is 9.97 Å². The molecule has 106 valence electrons. The smallest absolute Gasteiger partial charge is 0.166 e. The highest BCUT2D eigenvalue weighted by Crippen LogP contribution is 2.17. The number of ether oxygens (including phenoxy) is 2. The lowest BCUT2D eigenvalue weighted by molar-refractivity contribution is 0.294. The molecule has 2 aromatic rings. The number of hydrogen-bond acceptors (Lipinski definition) is 5. The number of aryl methyl sites for hydroxylation is 1. The fourth-order valence-corrected chi connectivity index (χ4v) is 1.86. The molecule has 0 saturated heterocycles. The van der Waals surface area contributed by atoms with E-state index in [1.165, 1.54) is 0 Å². The van der Waals surface area contributed by atoms with Crippen LogP contribution in [0.4, 0.5) is 0 Å². The predicted octanol–water partition coefficient (Wildman–Crippen LogP) is 1.87. The lowest BCUT2D eigenvalue weighted by Gasteiger charge is -2.08. The van der Waals surface area contributed by atoms with Gasteiger partial charge in [-0.1, -0.05) is 0 Å². The van der Waals surface area contributed by atoms with Gasteiger partial charge >= 0.3 is 0 Å². The highest BCUT2D eigenvalue weighted by molar-refractivity contribution is 5.31. The minimum absolute atomic E-state index is 0.339. The van der Waals surface area contributed by atoms with Crippen molar-refractivity contribution in [2.45, 2.75) is 20.0 Å². The molecule has 1 heterocycles. The van der Waals surface area contributed by atoms with Gasteiger partial charge in [-0.2, -0.15) is 0 Å². The summed E-state index contributed by atoms with van der Waals surface area (Å²) < 4.78 is 10.8. The molecule has 20 heavy (non-hydrogen) atoms. The summed E-state index contributed by atoms with van der Waals surface area (Å²) in [5.74, 6) is 2.23. The van der Waals surface area contributed by atoms with E-state index in [1.54, 1.807) is 7.11 Å². The Hall–Kier alpha value is -2.14. The van der Waals surface area contributed by atoms with Gasteiger partial charge in [0, 0.05) is 17.8 Å². The van der Waals surface area contributed by atoms with E-state index in [-0.39, 0.29) is 0 Å². The molecule has 5 nitrogen and oxygen atoms in total. The van der Waals surface area contributed by atoms with E-state index >= 15 is 0 Å². The van der Waals surface area contributed by atoms with E-state index in [0.29, 0.717) is 19.0 Å². The summed E-state index contributed by atoms with van der Waals surface area (Å²) in [5, 5.41) is 0. The van der Waals surface area contributed by atoms with Crippen LogP contribution in [0.5, 0.6) is 11.5 Å². The van der Waals surface area contributed by atoms with Crippen LogP contribution in [-0.4, -0.2) is 23.6 Å². The Morgan fingerprint density at radius 3 is 2.45 bits per heavy atom. The summed E-state index contributed by atoms with van der Waals surface area (Å²) in [4.78, 5) is 8.79. The second kappa shape index (κ2) is 6.86. The first-order valence-electron chi connectivity index (χ1n) is 6.51. The van der Waals surface area contributed by atoms with Gasteiger partial charge in [-0.3, -0.25) is 0 Å². The maximum atomic E-state index is 5.67. The molecular weight excluding hydrogens is 254 g/mol. The molecule has 0 amide bonds. The SMILES string of the molecule is COc1ccc(OCc2nc(C)cc(CCN)n2)cc1. The Kier molecular flexibility index (Phi) is 4.90. The third-order valence-electron chi connectivity index (χ3n) is 2.78. The van der Waals surface area contributed by atoms with Crippen molar-refractivity contribution in [3.05, 3.63) is 47.5 Å². The lowest BCUT2D eigenvalue weighted by Crippen LogP contribution is -2.09. The maximum absolute atomic E-state index is 5.67. The number of hydrogen-bond donors (Lipinski definition) is 1. The van der Waals surface area contributed by atoms with E-state index in [0.717, 1.165) is 29.3 Å². The van der Waals surface area contributed by atoms with Crippen LogP contribution in [0.2, 0.25) is 0 Å². The van der Waals surface area contributed by atoms with Crippen LogP contribution < -0.4 is 15.2 Å². The molecule has 0 radical (unpaired) electrons. The minimum Gasteiger partial charge on any atom is -0.497 e. The van der Waals surface area contributed by atoms with E-state index in [9.17, 15) is 0 Å². The Labute approximate surface area is 118 Å². The molecule has 0 spiro atoms. The first kappa shape index (κ1) is 14.3. The molecule has 2 N–H and O–H groups in total. The third kappa shape index (κ3) is 3.93. The second-order valence-corrected chi connectivity index (χ2v) is 4.42. The van der Waals surface area contributed by atoms with Gasteiger partial charge in [0.25, 0.3) is 0 Å². The zero-order chi connectivity index (χ0) is 14.4. The summed E-state index contributed by atoms with van der Waals surface area (Å²) in [7, 11) is 1.63. The zero-order valence-corrected chi connectivity index (χ0v) is 11.8. The van der Waals surface area contributed by atoms with Crippen molar-refractivity contribution in [3.8, 4) is 11.5 Å². The van der Waals surface area contributed by atoms with Crippen molar-refractivity contribution < 1.29 is 9.47 Å². The van der Waals surface area contributed by atoms with E-state index < -0.39 is 0 Å². The topological polar surface area (TPSA) is 70.3 Å². The van der Waals surface area contributed by atoms with Crippen LogP contribution in [0, 0.1) is 6.92 Å². The van der Waals surface area contributed by atoms with Gasteiger partial charge in [0.15, 0.2) is 5.82 Å². The Bertz CT molecular complexity index is 556. The van der Waals surface area contributed by atoms with Crippen molar-refractivity contribution in [1.29, 1.82) is 0 Å². The highest BCUT2D eigenvalue weighted by atomic mass is 16.5. The molecule has 0 aliphatic rings. The molecule has 0 aliphatic carbocycles. The average Bonchev–Trinajstić information content (AvgIpc) is 2.45. The first-order chi connectivity index (χ1) is 9.71. The zero-order valence-electron chi connectivity index (χ0n) is 11.8. The maximum Gasteiger partial charge on any atom is 0.166 e. The molecule has 1 aromatic carbocycles. The number of methoxy groups -OCH3 is 1. The van der Waals surface area contributed by atoms with Gasteiger partial charge in [-0.05, 0) is 43.8 Å². The van der Waals surface area contributed by atoms with Crippen LogP contribution in [0.15, 0.2) is 30.3 Å². The van der Waals surface area contributed by atoms with Crippen molar-refractivity contribution in [2.24, 2.45) is 5.73 Å². The Morgan fingerprint density at radius 2 is 1.80 bits per heavy atom. The molecule has 2 rings (SSSR count). The molecule has 0 fully saturated rings. The molecule has 0 saturated carbocycles. The fraction of sp³-hybridized carbons (Fsp3) is 0.333. The summed E-state index contributed by atoms with van der Waals surface area (Å²) in [5.41, 5.74) is 7.43. The first-order valence-corrected chi connectivity index (χ1v) is 6.51. The van der Waals surface area contributed by atoms with Gasteiger partial charge in [0.1, 0.15) is 18.1 Å². The van der Waals surface area contributed by atoms with Crippen LogP contribution in [0.25, 0.3) is 0 Å². The van der Waals surface area contributed by atoms with Gasteiger partial charge in [-0.15, -0.1) is 0 Å². The standard InChI is InChI=1S/C15H19N3O2/c1-11-9-12(7-8-16)18-15(17-11)10-20-14-5-3-13(19-2)4-6-14/h3-6,9H,7-8,10,16H2,1-2H3. The summed E-state index contributed by atoms with van der Waals surface area (Å²) >= 11 is 0. The molecule has 0 atom stereocenters. The minimum atomic E-state index is 0.339. The predicted molar refractivity (Wildman–Crippen MR) is 76.9 cm³/mol. The normalized spacial score (nSPS) is 10.3. The summed E-state index contributed by atoms with van der Waals surface area (Å²) in [6.07, 6.45) is 0.749.